The minimum Gasteiger partial charge on any atom is -0.366 e. The Kier molecular flexibility index (Phi) is 3.28. The monoisotopic (exact) mass is 241 g/mol. The minimum absolute atomic E-state index is 0.416. The Morgan fingerprint density at radius 1 is 1.39 bits per heavy atom. The fraction of sp³-hybridized carbons (Fsp3) is 0.308. The van der Waals surface area contributed by atoms with E-state index in [2.05, 4.69) is 15.4 Å². The number of nitrogens with one attached hydrogen (secondary N) is 1. The van der Waals surface area contributed by atoms with Gasteiger partial charge in [0.15, 0.2) is 0 Å². The van der Waals surface area contributed by atoms with Gasteiger partial charge in [-0.15, -0.1) is 0 Å². The molecule has 0 aliphatic rings. The first-order valence-corrected chi connectivity index (χ1v) is 5.72. The molecule has 2 aromatic rings. The Hall–Kier alpha value is -2.35. The standard InChI is InChI=1S/C13H15N5/c1-9-12(10(2)18(3)17-9)8-15-13-6-4-5-11(7-14)16-13/h4-6H,8H2,1-3H3,(H,15,16). The molecule has 0 aliphatic carbocycles. The van der Waals surface area contributed by atoms with E-state index in [1.54, 1.807) is 6.07 Å². The number of hydrogen-bond donors (Lipinski definition) is 1. The van der Waals surface area contributed by atoms with E-state index in [1.165, 1.54) is 5.56 Å². The van der Waals surface area contributed by atoms with Crippen LogP contribution in [0.1, 0.15) is 22.6 Å². The van der Waals surface area contributed by atoms with Crippen molar-refractivity contribution in [2.75, 3.05) is 5.32 Å². The lowest BCUT2D eigenvalue weighted by Crippen LogP contribution is -2.04. The summed E-state index contributed by atoms with van der Waals surface area (Å²) in [5, 5.41) is 16.4. The van der Waals surface area contributed by atoms with Crippen molar-refractivity contribution in [2.45, 2.75) is 20.4 Å². The Morgan fingerprint density at radius 2 is 2.17 bits per heavy atom. The van der Waals surface area contributed by atoms with E-state index in [9.17, 15) is 0 Å². The second-order valence-corrected chi connectivity index (χ2v) is 4.15. The van der Waals surface area contributed by atoms with E-state index in [4.69, 9.17) is 5.26 Å². The summed E-state index contributed by atoms with van der Waals surface area (Å²) in [5.74, 6) is 0.705. The summed E-state index contributed by atoms with van der Waals surface area (Å²) in [6, 6.07) is 7.38. The summed E-state index contributed by atoms with van der Waals surface area (Å²) in [6.45, 7) is 4.69. The highest BCUT2D eigenvalue weighted by atomic mass is 15.3. The van der Waals surface area contributed by atoms with E-state index < -0.39 is 0 Å². The van der Waals surface area contributed by atoms with E-state index >= 15 is 0 Å². The Morgan fingerprint density at radius 3 is 2.78 bits per heavy atom. The second kappa shape index (κ2) is 4.88. The van der Waals surface area contributed by atoms with Gasteiger partial charge in [0.2, 0.25) is 0 Å². The Bertz CT molecular complexity index is 606. The molecule has 2 heterocycles. The van der Waals surface area contributed by atoms with E-state index in [0.717, 1.165) is 11.4 Å². The maximum absolute atomic E-state index is 8.79. The fourth-order valence-electron chi connectivity index (χ4n) is 1.85. The number of rotatable bonds is 3. The van der Waals surface area contributed by atoms with Crippen molar-refractivity contribution in [3.05, 3.63) is 40.8 Å². The molecule has 0 radical (unpaired) electrons. The van der Waals surface area contributed by atoms with E-state index in [-0.39, 0.29) is 0 Å². The van der Waals surface area contributed by atoms with Crippen molar-refractivity contribution in [1.29, 1.82) is 5.26 Å². The van der Waals surface area contributed by atoms with Gasteiger partial charge in [-0.05, 0) is 26.0 Å². The molecule has 5 nitrogen and oxygen atoms in total. The Labute approximate surface area is 106 Å². The molecule has 2 aromatic heterocycles. The van der Waals surface area contributed by atoms with Crippen LogP contribution in [0, 0.1) is 25.2 Å². The number of pyridine rings is 1. The van der Waals surface area contributed by atoms with Crippen molar-refractivity contribution in [3.8, 4) is 6.07 Å². The summed E-state index contributed by atoms with van der Waals surface area (Å²) in [7, 11) is 1.93. The van der Waals surface area contributed by atoms with Crippen molar-refractivity contribution in [1.82, 2.24) is 14.8 Å². The third kappa shape index (κ3) is 2.33. The number of hydrogen-bond acceptors (Lipinski definition) is 4. The molecule has 0 amide bonds. The van der Waals surface area contributed by atoms with Gasteiger partial charge in [0.25, 0.3) is 0 Å². The highest BCUT2D eigenvalue weighted by Crippen LogP contribution is 2.14. The third-order valence-corrected chi connectivity index (χ3v) is 2.97. The summed E-state index contributed by atoms with van der Waals surface area (Å²) in [6.07, 6.45) is 0. The van der Waals surface area contributed by atoms with Crippen molar-refractivity contribution in [3.63, 3.8) is 0 Å². The SMILES string of the molecule is Cc1nn(C)c(C)c1CNc1cccc(C#N)n1. The summed E-state index contributed by atoms with van der Waals surface area (Å²) in [5.41, 5.74) is 3.73. The van der Waals surface area contributed by atoms with Crippen LogP contribution in [0.25, 0.3) is 0 Å². The summed E-state index contributed by atoms with van der Waals surface area (Å²) in [4.78, 5) is 4.17. The van der Waals surface area contributed by atoms with Gasteiger partial charge in [-0.2, -0.15) is 10.4 Å². The quantitative estimate of drug-likeness (QED) is 0.891. The maximum Gasteiger partial charge on any atom is 0.142 e. The second-order valence-electron chi connectivity index (χ2n) is 4.15. The zero-order valence-electron chi connectivity index (χ0n) is 10.7. The largest absolute Gasteiger partial charge is 0.366 e. The van der Waals surface area contributed by atoms with Crippen molar-refractivity contribution >= 4 is 5.82 Å². The average Bonchev–Trinajstić information content (AvgIpc) is 2.61. The number of aromatic nitrogens is 3. The van der Waals surface area contributed by atoms with Crippen LogP contribution in [0.15, 0.2) is 18.2 Å². The zero-order chi connectivity index (χ0) is 13.1. The molecule has 0 aliphatic heterocycles. The van der Waals surface area contributed by atoms with Gasteiger partial charge in [-0.3, -0.25) is 4.68 Å². The van der Waals surface area contributed by atoms with Crippen LogP contribution in [0.3, 0.4) is 0 Å². The van der Waals surface area contributed by atoms with Gasteiger partial charge in [0.05, 0.1) is 5.69 Å². The first kappa shape index (κ1) is 12.1. The molecular formula is C13H15N5. The highest BCUT2D eigenvalue weighted by molar-refractivity contribution is 5.40. The first-order valence-electron chi connectivity index (χ1n) is 5.72. The first-order chi connectivity index (χ1) is 8.61. The van der Waals surface area contributed by atoms with Gasteiger partial charge < -0.3 is 5.32 Å². The molecular weight excluding hydrogens is 226 g/mol. The predicted molar refractivity (Wildman–Crippen MR) is 69.0 cm³/mol. The van der Waals surface area contributed by atoms with Crippen LogP contribution in [0.2, 0.25) is 0 Å². The van der Waals surface area contributed by atoms with Crippen LogP contribution < -0.4 is 5.32 Å². The topological polar surface area (TPSA) is 66.5 Å². The maximum atomic E-state index is 8.79. The van der Waals surface area contributed by atoms with Gasteiger partial charge in [-0.1, -0.05) is 6.07 Å². The van der Waals surface area contributed by atoms with E-state index in [0.29, 0.717) is 18.1 Å². The number of aryl methyl sites for hydroxylation is 2. The molecule has 0 atom stereocenters. The molecule has 18 heavy (non-hydrogen) atoms. The molecule has 0 saturated heterocycles. The molecule has 2 rings (SSSR count). The molecule has 5 heteroatoms. The molecule has 0 spiro atoms. The molecule has 0 unspecified atom stereocenters. The van der Waals surface area contributed by atoms with Crippen LogP contribution >= 0.6 is 0 Å². The highest BCUT2D eigenvalue weighted by Gasteiger charge is 2.08. The van der Waals surface area contributed by atoms with Crippen LogP contribution in [0.5, 0.6) is 0 Å². The minimum atomic E-state index is 0.416. The van der Waals surface area contributed by atoms with Crippen molar-refractivity contribution < 1.29 is 0 Å². The van der Waals surface area contributed by atoms with Crippen LogP contribution in [-0.4, -0.2) is 14.8 Å². The molecule has 0 saturated carbocycles. The molecule has 92 valence electrons. The lowest BCUT2D eigenvalue weighted by molar-refractivity contribution is 0.730. The average molecular weight is 241 g/mol. The smallest absolute Gasteiger partial charge is 0.142 e. The number of anilines is 1. The zero-order valence-corrected chi connectivity index (χ0v) is 10.7. The molecule has 0 fully saturated rings. The normalized spacial score (nSPS) is 10.1. The summed E-state index contributed by atoms with van der Waals surface area (Å²) >= 11 is 0. The van der Waals surface area contributed by atoms with Crippen LogP contribution in [-0.2, 0) is 13.6 Å². The fourth-order valence-corrected chi connectivity index (χ4v) is 1.85. The number of nitriles is 1. The van der Waals surface area contributed by atoms with Crippen molar-refractivity contribution in [2.24, 2.45) is 7.05 Å². The van der Waals surface area contributed by atoms with Crippen LogP contribution in [0.4, 0.5) is 5.82 Å². The molecule has 0 bridgehead atoms. The molecule has 0 aromatic carbocycles. The van der Waals surface area contributed by atoms with Gasteiger partial charge >= 0.3 is 0 Å². The van der Waals surface area contributed by atoms with E-state index in [1.807, 2.05) is 43.8 Å². The Balaban J connectivity index is 2.14. The van der Waals surface area contributed by atoms with Gasteiger partial charge in [-0.25, -0.2) is 4.98 Å². The number of nitrogens with zero attached hydrogens (tertiary/aromatic N) is 4. The molecule has 1 N–H and O–H groups in total. The predicted octanol–water partition coefficient (Wildman–Crippen LogP) is 1.92. The summed E-state index contributed by atoms with van der Waals surface area (Å²) < 4.78 is 1.87. The van der Waals surface area contributed by atoms with Gasteiger partial charge in [0, 0.05) is 24.8 Å². The van der Waals surface area contributed by atoms with Gasteiger partial charge in [0.1, 0.15) is 17.6 Å². The lowest BCUT2D eigenvalue weighted by atomic mass is 10.2. The lowest BCUT2D eigenvalue weighted by Gasteiger charge is -2.06. The third-order valence-electron chi connectivity index (χ3n) is 2.97.